The molecule has 0 spiro atoms. The molecule has 1 fully saturated rings. The highest BCUT2D eigenvalue weighted by Gasteiger charge is 2.16. The van der Waals surface area contributed by atoms with E-state index in [0.717, 1.165) is 40.8 Å². The molecule has 10 nitrogen and oxygen atoms in total. The predicted molar refractivity (Wildman–Crippen MR) is 116 cm³/mol. The van der Waals surface area contributed by atoms with E-state index < -0.39 is 15.9 Å². The first-order valence-corrected chi connectivity index (χ1v) is 11.3. The Hall–Kier alpha value is -2.76. The molecule has 1 aromatic carbocycles. The van der Waals surface area contributed by atoms with Crippen LogP contribution in [0.1, 0.15) is 5.69 Å². The largest absolute Gasteiger partial charge is 0.378 e. The first kappa shape index (κ1) is 21.9. The zero-order valence-corrected chi connectivity index (χ0v) is 18.1. The number of morpholine rings is 1. The number of hydrogen-bond donors (Lipinski definition) is 2. The molecule has 0 radical (unpaired) electrons. The number of aromatic nitrogens is 2. The summed E-state index contributed by atoms with van der Waals surface area (Å²) in [5.74, 6) is 0.927. The summed E-state index contributed by atoms with van der Waals surface area (Å²) < 4.78 is 29.2. The van der Waals surface area contributed by atoms with Gasteiger partial charge >= 0.3 is 0 Å². The van der Waals surface area contributed by atoms with Crippen molar-refractivity contribution in [3.8, 4) is 0 Å². The predicted octanol–water partition coefficient (Wildman–Crippen LogP) is 1.20. The molecule has 0 atom stereocenters. The lowest BCUT2D eigenvalue weighted by atomic mass is 10.2. The molecular weight excluding hydrogens is 408 g/mol. The molecule has 2 heterocycles. The van der Waals surface area contributed by atoms with Gasteiger partial charge in [0.1, 0.15) is 5.82 Å². The molecule has 0 saturated carbocycles. The summed E-state index contributed by atoms with van der Waals surface area (Å²) >= 11 is 0. The number of amides is 1. The molecule has 1 aromatic heterocycles. The minimum absolute atomic E-state index is 0.250. The van der Waals surface area contributed by atoms with E-state index in [1.165, 1.54) is 7.05 Å². The van der Waals surface area contributed by atoms with Crippen LogP contribution in [0.2, 0.25) is 0 Å². The molecule has 30 heavy (non-hydrogen) atoms. The first-order chi connectivity index (χ1) is 14.2. The van der Waals surface area contributed by atoms with Crippen LogP contribution in [0, 0.1) is 6.92 Å². The average molecular weight is 435 g/mol. The van der Waals surface area contributed by atoms with Gasteiger partial charge in [0.25, 0.3) is 0 Å². The number of carbonyl (C=O) groups excluding carboxylic acids is 1. The van der Waals surface area contributed by atoms with E-state index in [9.17, 15) is 13.2 Å². The third-order valence-corrected chi connectivity index (χ3v) is 5.79. The van der Waals surface area contributed by atoms with Crippen molar-refractivity contribution in [3.63, 3.8) is 0 Å². The van der Waals surface area contributed by atoms with E-state index >= 15 is 0 Å². The Morgan fingerprint density at radius 2 is 1.80 bits per heavy atom. The molecule has 3 rings (SSSR count). The number of rotatable bonds is 7. The van der Waals surface area contributed by atoms with Gasteiger partial charge in [0.2, 0.25) is 21.9 Å². The van der Waals surface area contributed by atoms with Gasteiger partial charge in [-0.15, -0.1) is 0 Å². The van der Waals surface area contributed by atoms with Crippen molar-refractivity contribution < 1.29 is 17.9 Å². The number of nitrogens with zero attached hydrogens (tertiary/aromatic N) is 4. The molecule has 0 aliphatic carbocycles. The maximum atomic E-state index is 12.0. The SMILES string of the molecule is Cc1cc(N2CCOCC2)nc(Nc2ccc(NC(=O)CN(C)S(C)(=O)=O)cc2)n1. The van der Waals surface area contributed by atoms with Crippen molar-refractivity contribution in [2.75, 3.05) is 61.7 Å². The van der Waals surface area contributed by atoms with Crippen LogP contribution >= 0.6 is 0 Å². The quantitative estimate of drug-likeness (QED) is 0.668. The molecule has 1 saturated heterocycles. The maximum Gasteiger partial charge on any atom is 0.239 e. The molecule has 162 valence electrons. The van der Waals surface area contributed by atoms with Crippen molar-refractivity contribution in [1.29, 1.82) is 0 Å². The van der Waals surface area contributed by atoms with E-state index in [0.29, 0.717) is 24.8 Å². The van der Waals surface area contributed by atoms with Gasteiger partial charge in [-0.1, -0.05) is 0 Å². The van der Waals surface area contributed by atoms with Gasteiger partial charge in [0.15, 0.2) is 0 Å². The number of sulfonamides is 1. The van der Waals surface area contributed by atoms with Crippen molar-refractivity contribution in [2.24, 2.45) is 0 Å². The van der Waals surface area contributed by atoms with E-state index in [1.54, 1.807) is 24.3 Å². The van der Waals surface area contributed by atoms with Gasteiger partial charge in [-0.25, -0.2) is 13.4 Å². The highest BCUT2D eigenvalue weighted by molar-refractivity contribution is 7.88. The Kier molecular flexibility index (Phi) is 6.85. The lowest BCUT2D eigenvalue weighted by Crippen LogP contribution is -2.36. The van der Waals surface area contributed by atoms with Crippen LogP contribution in [0.3, 0.4) is 0 Å². The lowest BCUT2D eigenvalue weighted by Gasteiger charge is -2.28. The van der Waals surface area contributed by atoms with Gasteiger partial charge in [0.05, 0.1) is 26.0 Å². The van der Waals surface area contributed by atoms with Crippen LogP contribution in [0.25, 0.3) is 0 Å². The number of nitrogens with one attached hydrogen (secondary N) is 2. The summed E-state index contributed by atoms with van der Waals surface area (Å²) in [4.78, 5) is 23.2. The minimum atomic E-state index is -3.41. The second kappa shape index (κ2) is 9.37. The molecule has 0 unspecified atom stereocenters. The van der Waals surface area contributed by atoms with Gasteiger partial charge in [-0.2, -0.15) is 9.29 Å². The summed E-state index contributed by atoms with van der Waals surface area (Å²) in [5, 5.41) is 5.85. The fourth-order valence-corrected chi connectivity index (χ4v) is 3.20. The third-order valence-electron chi connectivity index (χ3n) is 4.53. The van der Waals surface area contributed by atoms with Gasteiger partial charge in [-0.05, 0) is 31.2 Å². The molecule has 2 aromatic rings. The van der Waals surface area contributed by atoms with E-state index in [1.807, 2.05) is 13.0 Å². The van der Waals surface area contributed by atoms with Gasteiger partial charge in [-0.3, -0.25) is 4.79 Å². The van der Waals surface area contributed by atoms with Gasteiger partial charge in [0, 0.05) is 43.3 Å². The van der Waals surface area contributed by atoms with Crippen LogP contribution in [0.4, 0.5) is 23.1 Å². The normalized spacial score (nSPS) is 14.6. The second-order valence-corrected chi connectivity index (χ2v) is 9.15. The minimum Gasteiger partial charge on any atom is -0.378 e. The Morgan fingerprint density at radius 1 is 1.17 bits per heavy atom. The van der Waals surface area contributed by atoms with Crippen LogP contribution in [-0.2, 0) is 19.6 Å². The topological polar surface area (TPSA) is 117 Å². The number of likely N-dealkylation sites (N-methyl/N-ethyl adjacent to an activating group) is 1. The fraction of sp³-hybridized carbons (Fsp3) is 0.421. The summed E-state index contributed by atoms with van der Waals surface area (Å²) in [6, 6.07) is 8.97. The number of carbonyl (C=O) groups is 1. The molecule has 1 aliphatic heterocycles. The standard InChI is InChI=1S/C19H26N6O4S/c1-14-12-17(25-8-10-29-11-9-25)23-19(20-14)22-16-6-4-15(5-7-16)21-18(26)13-24(2)30(3,27)28/h4-7,12H,8-11,13H2,1-3H3,(H,21,26)(H,20,22,23). The van der Waals surface area contributed by atoms with Crippen LogP contribution in [0.5, 0.6) is 0 Å². The van der Waals surface area contributed by atoms with E-state index in [4.69, 9.17) is 4.74 Å². The Labute approximate surface area is 176 Å². The number of hydrogen-bond acceptors (Lipinski definition) is 8. The Balaban J connectivity index is 1.63. The monoisotopic (exact) mass is 434 g/mol. The highest BCUT2D eigenvalue weighted by atomic mass is 32.2. The number of ether oxygens (including phenoxy) is 1. The van der Waals surface area contributed by atoms with Crippen molar-refractivity contribution >= 4 is 39.1 Å². The zero-order valence-electron chi connectivity index (χ0n) is 17.3. The third kappa shape index (κ3) is 6.12. The summed E-state index contributed by atoms with van der Waals surface area (Å²) in [6.07, 6.45) is 1.05. The van der Waals surface area contributed by atoms with Crippen molar-refractivity contribution in [1.82, 2.24) is 14.3 Å². The molecular formula is C19H26N6O4S. The summed E-state index contributed by atoms with van der Waals surface area (Å²) in [6.45, 7) is 4.61. The van der Waals surface area contributed by atoms with Crippen molar-refractivity contribution in [2.45, 2.75) is 6.92 Å². The number of aryl methyl sites for hydroxylation is 1. The number of benzene rings is 1. The lowest BCUT2D eigenvalue weighted by molar-refractivity contribution is -0.116. The summed E-state index contributed by atoms with van der Waals surface area (Å²) in [7, 11) is -2.05. The average Bonchev–Trinajstić information content (AvgIpc) is 2.69. The molecule has 1 aliphatic rings. The van der Waals surface area contributed by atoms with E-state index in [2.05, 4.69) is 25.5 Å². The smallest absolute Gasteiger partial charge is 0.239 e. The van der Waals surface area contributed by atoms with Gasteiger partial charge < -0.3 is 20.3 Å². The fourth-order valence-electron chi connectivity index (χ4n) is 2.85. The Morgan fingerprint density at radius 3 is 2.43 bits per heavy atom. The zero-order chi connectivity index (χ0) is 21.7. The van der Waals surface area contributed by atoms with Crippen LogP contribution < -0.4 is 15.5 Å². The number of anilines is 4. The van der Waals surface area contributed by atoms with Crippen LogP contribution in [0.15, 0.2) is 30.3 Å². The first-order valence-electron chi connectivity index (χ1n) is 9.47. The van der Waals surface area contributed by atoms with Crippen LogP contribution in [-0.4, -0.2) is 74.7 Å². The molecule has 1 amide bonds. The van der Waals surface area contributed by atoms with Crippen molar-refractivity contribution in [3.05, 3.63) is 36.0 Å². The molecule has 2 N–H and O–H groups in total. The molecule has 11 heteroatoms. The van der Waals surface area contributed by atoms with E-state index in [-0.39, 0.29) is 6.54 Å². The second-order valence-electron chi connectivity index (χ2n) is 7.06. The molecule has 0 bridgehead atoms. The highest BCUT2D eigenvalue weighted by Crippen LogP contribution is 2.20. The Bertz CT molecular complexity index is 991. The summed E-state index contributed by atoms with van der Waals surface area (Å²) in [5.41, 5.74) is 2.18. The maximum absolute atomic E-state index is 12.0.